The fourth-order valence-electron chi connectivity index (χ4n) is 3.48. The molecule has 1 aromatic carbocycles. The van der Waals surface area contributed by atoms with Gasteiger partial charge in [0.2, 0.25) is 0 Å². The Hall–Kier alpha value is -1.98. The number of nitrogens with zero attached hydrogens (tertiary/aromatic N) is 3. The average molecular weight is 464 g/mol. The number of benzene rings is 1. The van der Waals surface area contributed by atoms with Crippen molar-refractivity contribution in [3.05, 3.63) is 63.4 Å². The Kier molecular flexibility index (Phi) is 6.63. The second-order valence-electron chi connectivity index (χ2n) is 7.47. The van der Waals surface area contributed by atoms with Gasteiger partial charge in [0, 0.05) is 28.9 Å². The fourth-order valence-corrected chi connectivity index (χ4v) is 4.52. The number of rotatable bonds is 5. The van der Waals surface area contributed by atoms with Crippen LogP contribution in [0.4, 0.5) is 0 Å². The van der Waals surface area contributed by atoms with Crippen LogP contribution in [0.2, 0.25) is 5.02 Å². The Morgan fingerprint density at radius 3 is 2.58 bits per heavy atom. The van der Waals surface area contributed by atoms with Gasteiger partial charge in [0.1, 0.15) is 40.5 Å². The lowest BCUT2D eigenvalue weighted by Crippen LogP contribution is -2.55. The van der Waals surface area contributed by atoms with E-state index in [1.807, 2.05) is 19.1 Å². The van der Waals surface area contributed by atoms with Crippen molar-refractivity contribution < 1.29 is 25.2 Å². The van der Waals surface area contributed by atoms with Crippen LogP contribution in [0.5, 0.6) is 0 Å². The number of hydrogen-bond acceptors (Lipinski definition) is 9. The van der Waals surface area contributed by atoms with E-state index in [9.17, 15) is 20.4 Å². The number of pyridine rings is 1. The van der Waals surface area contributed by atoms with Gasteiger partial charge in [-0.15, -0.1) is 10.2 Å². The average Bonchev–Trinajstić information content (AvgIpc) is 3.23. The van der Waals surface area contributed by atoms with Crippen molar-refractivity contribution >= 4 is 22.9 Å². The first-order chi connectivity index (χ1) is 14.9. The molecular formula is C21H22ClN3O5S. The summed E-state index contributed by atoms with van der Waals surface area (Å²) in [6.07, 6.45) is -3.92. The number of aliphatic hydroxyl groups excluding tert-OH is 4. The van der Waals surface area contributed by atoms with E-state index in [-0.39, 0.29) is 0 Å². The van der Waals surface area contributed by atoms with Crippen LogP contribution in [0.1, 0.15) is 27.9 Å². The molecule has 2 aromatic heterocycles. The van der Waals surface area contributed by atoms with Gasteiger partial charge in [0.05, 0.1) is 6.61 Å². The molecular weight excluding hydrogens is 442 g/mol. The summed E-state index contributed by atoms with van der Waals surface area (Å²) < 4.78 is 5.65. The minimum absolute atomic E-state index is 0.418. The predicted octanol–water partition coefficient (Wildman–Crippen LogP) is 1.67. The zero-order valence-corrected chi connectivity index (χ0v) is 18.2. The third-order valence-electron chi connectivity index (χ3n) is 5.26. The van der Waals surface area contributed by atoms with Crippen molar-refractivity contribution in [2.75, 3.05) is 6.61 Å². The number of aliphatic hydroxyl groups is 4. The Balaban J connectivity index is 1.57. The van der Waals surface area contributed by atoms with Crippen molar-refractivity contribution in [1.82, 2.24) is 15.2 Å². The minimum atomic E-state index is -1.44. The van der Waals surface area contributed by atoms with Gasteiger partial charge >= 0.3 is 0 Å². The van der Waals surface area contributed by atoms with Crippen molar-refractivity contribution in [1.29, 1.82) is 0 Å². The van der Waals surface area contributed by atoms with Crippen molar-refractivity contribution in [2.45, 2.75) is 43.9 Å². The normalized spacial score (nSPS) is 26.2. The molecule has 4 N–H and O–H groups in total. The van der Waals surface area contributed by atoms with E-state index in [4.69, 9.17) is 16.3 Å². The molecule has 8 nitrogen and oxygen atoms in total. The number of ether oxygens (including phenoxy) is 1. The lowest BCUT2D eigenvalue weighted by molar-refractivity contribution is -0.231. The molecule has 1 aliphatic heterocycles. The molecule has 0 amide bonds. The number of hydrogen-bond donors (Lipinski definition) is 4. The molecule has 0 bridgehead atoms. The maximum atomic E-state index is 10.4. The Morgan fingerprint density at radius 2 is 1.87 bits per heavy atom. The maximum Gasteiger partial charge on any atom is 0.149 e. The topological polar surface area (TPSA) is 129 Å². The van der Waals surface area contributed by atoms with Crippen molar-refractivity contribution in [3.8, 4) is 10.6 Å². The lowest BCUT2D eigenvalue weighted by atomic mass is 9.90. The highest BCUT2D eigenvalue weighted by molar-refractivity contribution is 7.14. The molecule has 4 rings (SSSR count). The second kappa shape index (κ2) is 9.25. The molecule has 5 atom stereocenters. The first-order valence-electron chi connectivity index (χ1n) is 9.71. The Bertz CT molecular complexity index is 1050. The predicted molar refractivity (Wildman–Crippen MR) is 115 cm³/mol. The van der Waals surface area contributed by atoms with Gasteiger partial charge in [0.25, 0.3) is 0 Å². The second-order valence-corrected chi connectivity index (χ2v) is 8.94. The summed E-state index contributed by atoms with van der Waals surface area (Å²) in [5, 5.41) is 50.4. The van der Waals surface area contributed by atoms with Crippen LogP contribution in [-0.2, 0) is 11.2 Å². The van der Waals surface area contributed by atoms with Crippen LogP contribution in [0.15, 0.2) is 36.5 Å². The molecule has 0 spiro atoms. The SMILES string of the molecule is Cc1ccc(-c2nnc(Cc3cc([C@@H]4O[C@H](CO)[C@@H](O)[C@H](O)[C@H]4O)ccc3Cl)s2)cn1. The van der Waals surface area contributed by atoms with Crippen LogP contribution in [-0.4, -0.2) is 66.6 Å². The van der Waals surface area contributed by atoms with E-state index in [2.05, 4.69) is 15.2 Å². The third kappa shape index (κ3) is 4.63. The van der Waals surface area contributed by atoms with Crippen LogP contribution in [0.25, 0.3) is 10.6 Å². The molecule has 0 radical (unpaired) electrons. The summed E-state index contributed by atoms with van der Waals surface area (Å²) in [6.45, 7) is 1.43. The number of halogens is 1. The van der Waals surface area contributed by atoms with Crippen LogP contribution >= 0.6 is 22.9 Å². The molecule has 1 saturated heterocycles. The molecule has 31 heavy (non-hydrogen) atoms. The summed E-state index contributed by atoms with van der Waals surface area (Å²) in [6, 6.07) is 8.99. The summed E-state index contributed by atoms with van der Waals surface area (Å²) in [4.78, 5) is 4.28. The summed E-state index contributed by atoms with van der Waals surface area (Å²) in [7, 11) is 0. The lowest BCUT2D eigenvalue weighted by Gasteiger charge is -2.40. The maximum absolute atomic E-state index is 10.4. The molecule has 0 aliphatic carbocycles. The highest BCUT2D eigenvalue weighted by atomic mass is 35.5. The highest BCUT2D eigenvalue weighted by Gasteiger charge is 2.44. The van der Waals surface area contributed by atoms with Gasteiger partial charge in [-0.1, -0.05) is 35.1 Å². The summed E-state index contributed by atoms with van der Waals surface area (Å²) in [5.74, 6) is 0. The molecule has 0 saturated carbocycles. The molecule has 3 aromatic rings. The van der Waals surface area contributed by atoms with E-state index in [1.165, 1.54) is 11.3 Å². The third-order valence-corrected chi connectivity index (χ3v) is 6.60. The van der Waals surface area contributed by atoms with Gasteiger partial charge < -0.3 is 25.2 Å². The van der Waals surface area contributed by atoms with E-state index >= 15 is 0 Å². The summed E-state index contributed by atoms with van der Waals surface area (Å²) >= 11 is 7.82. The zero-order chi connectivity index (χ0) is 22.1. The molecule has 3 heterocycles. The zero-order valence-electron chi connectivity index (χ0n) is 16.6. The van der Waals surface area contributed by atoms with Gasteiger partial charge in [0.15, 0.2) is 0 Å². The van der Waals surface area contributed by atoms with E-state index in [1.54, 1.807) is 24.4 Å². The first-order valence-corrected chi connectivity index (χ1v) is 10.9. The quantitative estimate of drug-likeness (QED) is 0.449. The van der Waals surface area contributed by atoms with E-state index in [0.717, 1.165) is 26.8 Å². The van der Waals surface area contributed by atoms with Gasteiger partial charge in [-0.25, -0.2) is 0 Å². The van der Waals surface area contributed by atoms with Crippen molar-refractivity contribution in [2.24, 2.45) is 0 Å². The van der Waals surface area contributed by atoms with Crippen molar-refractivity contribution in [3.63, 3.8) is 0 Å². The van der Waals surface area contributed by atoms with Gasteiger partial charge in [-0.2, -0.15) is 0 Å². The fraction of sp³-hybridized carbons (Fsp3) is 0.381. The molecule has 1 fully saturated rings. The number of aryl methyl sites for hydroxylation is 1. The van der Waals surface area contributed by atoms with Gasteiger partial charge in [-0.05, 0) is 36.2 Å². The number of aromatic nitrogens is 3. The van der Waals surface area contributed by atoms with Crippen LogP contribution < -0.4 is 0 Å². The van der Waals surface area contributed by atoms with Crippen LogP contribution in [0, 0.1) is 6.92 Å². The smallest absolute Gasteiger partial charge is 0.149 e. The molecule has 10 heteroatoms. The molecule has 1 aliphatic rings. The molecule has 0 unspecified atom stereocenters. The van der Waals surface area contributed by atoms with E-state index < -0.39 is 37.1 Å². The van der Waals surface area contributed by atoms with Gasteiger partial charge in [-0.3, -0.25) is 4.98 Å². The summed E-state index contributed by atoms with van der Waals surface area (Å²) in [5.41, 5.74) is 3.13. The highest BCUT2D eigenvalue weighted by Crippen LogP contribution is 2.35. The van der Waals surface area contributed by atoms with Crippen LogP contribution in [0.3, 0.4) is 0 Å². The Labute approximate surface area is 187 Å². The monoisotopic (exact) mass is 463 g/mol. The minimum Gasteiger partial charge on any atom is -0.394 e. The molecule has 164 valence electrons. The first kappa shape index (κ1) is 22.2. The largest absolute Gasteiger partial charge is 0.394 e. The standard InChI is InChI=1S/C21H22ClN3O5S/c1-10-2-3-12(8-23-10)21-25-24-16(31-21)7-13-6-11(4-5-14(13)22)20-19(29)18(28)17(27)15(9-26)30-20/h2-6,8,15,17-20,26-29H,7,9H2,1H3/t15-,17-,18+,19-,20+/m1/s1. The van der Waals surface area contributed by atoms with E-state index in [0.29, 0.717) is 17.0 Å². The Morgan fingerprint density at radius 1 is 1.06 bits per heavy atom.